The molecule has 0 spiro atoms. The molecule has 1 aromatic heterocycles. The zero-order valence-corrected chi connectivity index (χ0v) is 13.8. The number of ether oxygens (including phenoxy) is 1. The van der Waals surface area contributed by atoms with Crippen LogP contribution < -0.4 is 15.4 Å². The number of H-pyrrole nitrogens is 1. The predicted octanol–water partition coefficient (Wildman–Crippen LogP) is 1.95. The zero-order chi connectivity index (χ0) is 16.5. The first-order valence-corrected chi connectivity index (χ1v) is 8.48. The Kier molecular flexibility index (Phi) is 3.98. The number of amides is 1. The number of benzene rings is 1. The van der Waals surface area contributed by atoms with Crippen LogP contribution in [0.4, 0.5) is 0 Å². The minimum Gasteiger partial charge on any atom is -0.497 e. The van der Waals surface area contributed by atoms with Gasteiger partial charge in [-0.3, -0.25) is 9.89 Å². The van der Waals surface area contributed by atoms with Gasteiger partial charge in [-0.1, -0.05) is 12.1 Å². The van der Waals surface area contributed by atoms with E-state index >= 15 is 0 Å². The van der Waals surface area contributed by atoms with E-state index in [2.05, 4.69) is 20.8 Å². The number of hydrogen-bond acceptors (Lipinski definition) is 4. The van der Waals surface area contributed by atoms with Gasteiger partial charge in [0.1, 0.15) is 5.75 Å². The lowest BCUT2D eigenvalue weighted by atomic mass is 10.0. The van der Waals surface area contributed by atoms with Gasteiger partial charge in [-0.15, -0.1) is 0 Å². The largest absolute Gasteiger partial charge is 0.497 e. The number of nitrogens with one attached hydrogen (secondary N) is 3. The summed E-state index contributed by atoms with van der Waals surface area (Å²) in [6, 6.07) is 7.98. The van der Waals surface area contributed by atoms with Crippen LogP contribution in [0.2, 0.25) is 0 Å². The Morgan fingerprint density at radius 1 is 1.33 bits per heavy atom. The van der Waals surface area contributed by atoms with Gasteiger partial charge in [-0.25, -0.2) is 0 Å². The molecule has 1 saturated carbocycles. The van der Waals surface area contributed by atoms with Gasteiger partial charge >= 0.3 is 0 Å². The minimum atomic E-state index is -0.0936. The van der Waals surface area contributed by atoms with Gasteiger partial charge in [-0.2, -0.15) is 5.10 Å². The highest BCUT2D eigenvalue weighted by Gasteiger charge is 2.34. The molecule has 1 aliphatic carbocycles. The van der Waals surface area contributed by atoms with Crippen molar-refractivity contribution in [1.29, 1.82) is 0 Å². The number of carbonyl (C=O) groups is 1. The third-order valence-corrected chi connectivity index (χ3v) is 4.88. The lowest BCUT2D eigenvalue weighted by Gasteiger charge is -2.19. The molecule has 0 radical (unpaired) electrons. The van der Waals surface area contributed by atoms with E-state index < -0.39 is 0 Å². The second-order valence-electron chi connectivity index (χ2n) is 6.52. The molecule has 6 heteroatoms. The molecule has 2 aliphatic rings. The molecule has 2 heterocycles. The fraction of sp³-hybridized carbons (Fsp3) is 0.444. The van der Waals surface area contributed by atoms with Gasteiger partial charge in [0, 0.05) is 30.8 Å². The van der Waals surface area contributed by atoms with Gasteiger partial charge in [-0.05, 0) is 36.5 Å². The van der Waals surface area contributed by atoms with E-state index in [1.807, 2.05) is 24.3 Å². The van der Waals surface area contributed by atoms with Crippen LogP contribution >= 0.6 is 0 Å². The van der Waals surface area contributed by atoms with Gasteiger partial charge in [0.15, 0.2) is 5.69 Å². The highest BCUT2D eigenvalue weighted by Crippen LogP contribution is 2.41. The Bertz CT molecular complexity index is 734. The van der Waals surface area contributed by atoms with Crippen molar-refractivity contribution in [3.63, 3.8) is 0 Å². The molecule has 4 rings (SSSR count). The summed E-state index contributed by atoms with van der Waals surface area (Å²) in [7, 11) is 1.66. The van der Waals surface area contributed by atoms with E-state index in [-0.39, 0.29) is 11.9 Å². The molecule has 0 saturated heterocycles. The molecule has 1 amide bonds. The third kappa shape index (κ3) is 2.89. The number of nitrogens with zero attached hydrogens (tertiary/aromatic N) is 1. The molecule has 24 heavy (non-hydrogen) atoms. The van der Waals surface area contributed by atoms with Gasteiger partial charge < -0.3 is 15.4 Å². The van der Waals surface area contributed by atoms with Crippen LogP contribution in [-0.4, -0.2) is 29.8 Å². The van der Waals surface area contributed by atoms with E-state index in [1.54, 1.807) is 7.11 Å². The number of rotatable bonds is 5. The summed E-state index contributed by atoms with van der Waals surface area (Å²) in [5.74, 6) is 1.24. The minimum absolute atomic E-state index is 0.0345. The average Bonchev–Trinajstić information content (AvgIpc) is 3.38. The summed E-state index contributed by atoms with van der Waals surface area (Å²) in [5, 5.41) is 13.8. The molecule has 1 unspecified atom stereocenters. The van der Waals surface area contributed by atoms with Crippen LogP contribution in [0, 0.1) is 5.92 Å². The van der Waals surface area contributed by atoms with Crippen LogP contribution in [0.3, 0.4) is 0 Å². The molecule has 126 valence electrons. The van der Waals surface area contributed by atoms with E-state index in [0.29, 0.717) is 18.2 Å². The van der Waals surface area contributed by atoms with Crippen molar-refractivity contribution in [2.75, 3.05) is 13.7 Å². The highest BCUT2D eigenvalue weighted by atomic mass is 16.5. The molecular formula is C18H22N4O2. The Morgan fingerprint density at radius 2 is 2.12 bits per heavy atom. The standard InChI is InChI=1S/C18H22N4O2/c1-24-13-6-4-12(5-7-13)16(11-2-3-11)20-18(23)17-14-10-19-9-8-15(14)21-22-17/h4-7,11,16,19H,2-3,8-10H2,1H3,(H,20,23)(H,21,22). The SMILES string of the molecule is COc1ccc(C(NC(=O)c2n[nH]c3c2CNCC3)C2CC2)cc1. The molecule has 1 fully saturated rings. The summed E-state index contributed by atoms with van der Waals surface area (Å²) >= 11 is 0. The van der Waals surface area contributed by atoms with Crippen LogP contribution in [0.15, 0.2) is 24.3 Å². The molecule has 3 N–H and O–H groups in total. The van der Waals surface area contributed by atoms with Crippen LogP contribution in [0.1, 0.15) is 46.2 Å². The first-order chi connectivity index (χ1) is 11.8. The van der Waals surface area contributed by atoms with Crippen molar-refractivity contribution in [3.05, 3.63) is 46.8 Å². The first-order valence-electron chi connectivity index (χ1n) is 8.48. The number of aromatic amines is 1. The Morgan fingerprint density at radius 3 is 2.83 bits per heavy atom. The molecule has 1 aromatic carbocycles. The highest BCUT2D eigenvalue weighted by molar-refractivity contribution is 5.94. The van der Waals surface area contributed by atoms with Crippen molar-refractivity contribution >= 4 is 5.91 Å². The summed E-state index contributed by atoms with van der Waals surface area (Å²) in [6.07, 6.45) is 3.19. The molecule has 6 nitrogen and oxygen atoms in total. The van der Waals surface area contributed by atoms with Crippen LogP contribution in [-0.2, 0) is 13.0 Å². The quantitative estimate of drug-likeness (QED) is 0.785. The number of methoxy groups -OCH3 is 1. The van der Waals surface area contributed by atoms with E-state index in [4.69, 9.17) is 4.74 Å². The average molecular weight is 326 g/mol. The molecule has 1 aliphatic heterocycles. The summed E-state index contributed by atoms with van der Waals surface area (Å²) in [4.78, 5) is 12.8. The topological polar surface area (TPSA) is 79.0 Å². The van der Waals surface area contributed by atoms with Crippen molar-refractivity contribution in [2.45, 2.75) is 31.8 Å². The lowest BCUT2D eigenvalue weighted by Crippen LogP contribution is -2.32. The monoisotopic (exact) mass is 326 g/mol. The van der Waals surface area contributed by atoms with Gasteiger partial charge in [0.2, 0.25) is 0 Å². The Labute approximate surface area is 141 Å². The maximum atomic E-state index is 12.8. The second kappa shape index (κ2) is 6.28. The molecule has 2 aromatic rings. The first kappa shape index (κ1) is 15.2. The summed E-state index contributed by atoms with van der Waals surface area (Å²) < 4.78 is 5.22. The van der Waals surface area contributed by atoms with E-state index in [0.717, 1.165) is 48.4 Å². The second-order valence-corrected chi connectivity index (χ2v) is 6.52. The summed E-state index contributed by atoms with van der Waals surface area (Å²) in [5.41, 5.74) is 3.72. The van der Waals surface area contributed by atoms with Crippen molar-refractivity contribution in [2.24, 2.45) is 5.92 Å². The lowest BCUT2D eigenvalue weighted by molar-refractivity contribution is 0.0925. The van der Waals surface area contributed by atoms with Gasteiger partial charge in [0.25, 0.3) is 5.91 Å². The smallest absolute Gasteiger partial charge is 0.272 e. The van der Waals surface area contributed by atoms with Crippen molar-refractivity contribution < 1.29 is 9.53 Å². The van der Waals surface area contributed by atoms with Gasteiger partial charge in [0.05, 0.1) is 13.2 Å². The van der Waals surface area contributed by atoms with Crippen LogP contribution in [0.5, 0.6) is 5.75 Å². The van der Waals surface area contributed by atoms with E-state index in [9.17, 15) is 4.79 Å². The molecular weight excluding hydrogens is 304 g/mol. The number of carbonyl (C=O) groups excluding carboxylic acids is 1. The number of aromatic nitrogens is 2. The number of fused-ring (bicyclic) bond motifs is 1. The molecule has 0 bridgehead atoms. The normalized spacial score (nSPS) is 17.9. The predicted molar refractivity (Wildman–Crippen MR) is 89.9 cm³/mol. The Hall–Kier alpha value is -2.34. The zero-order valence-electron chi connectivity index (χ0n) is 13.8. The fourth-order valence-corrected chi connectivity index (χ4v) is 3.34. The third-order valence-electron chi connectivity index (χ3n) is 4.88. The molecule has 1 atom stereocenters. The maximum Gasteiger partial charge on any atom is 0.272 e. The maximum absolute atomic E-state index is 12.8. The van der Waals surface area contributed by atoms with Crippen LogP contribution in [0.25, 0.3) is 0 Å². The summed E-state index contributed by atoms with van der Waals surface area (Å²) in [6.45, 7) is 1.62. The van der Waals surface area contributed by atoms with Crippen molar-refractivity contribution in [1.82, 2.24) is 20.8 Å². The van der Waals surface area contributed by atoms with E-state index in [1.165, 1.54) is 0 Å². The Balaban J connectivity index is 1.54. The fourth-order valence-electron chi connectivity index (χ4n) is 3.34. The number of hydrogen-bond donors (Lipinski definition) is 3. The van der Waals surface area contributed by atoms with Crippen molar-refractivity contribution in [3.8, 4) is 5.75 Å².